The molecule has 0 aliphatic carbocycles. The number of carbonyl (C=O) groups excluding carboxylic acids is 2. The lowest BCUT2D eigenvalue weighted by Crippen LogP contribution is -2.49. The number of amides is 4. The Balaban J connectivity index is 1.29. The fourth-order valence-electron chi connectivity index (χ4n) is 4.18. The summed E-state index contributed by atoms with van der Waals surface area (Å²) in [6.45, 7) is 5.53. The van der Waals surface area contributed by atoms with E-state index in [2.05, 4.69) is 17.4 Å². The van der Waals surface area contributed by atoms with Crippen LogP contribution >= 0.6 is 0 Å². The molecule has 2 heterocycles. The van der Waals surface area contributed by atoms with Crippen LogP contribution in [0.4, 0.5) is 15.3 Å². The molecule has 29 heavy (non-hydrogen) atoms. The quantitative estimate of drug-likeness (QED) is 0.857. The van der Waals surface area contributed by atoms with Gasteiger partial charge in [0.2, 0.25) is 0 Å². The first-order valence-electron chi connectivity index (χ1n) is 10.3. The van der Waals surface area contributed by atoms with Gasteiger partial charge in [-0.2, -0.15) is 0 Å². The predicted octanol–water partition coefficient (Wildman–Crippen LogP) is 3.93. The first-order valence-corrected chi connectivity index (χ1v) is 10.3. The van der Waals surface area contributed by atoms with Crippen LogP contribution in [0, 0.1) is 6.92 Å². The summed E-state index contributed by atoms with van der Waals surface area (Å²) < 4.78 is 0. The van der Waals surface area contributed by atoms with E-state index in [1.54, 1.807) is 0 Å². The number of nitrogens with one attached hydrogen (secondary N) is 1. The molecular formula is C23H28N4O2. The van der Waals surface area contributed by atoms with Crippen molar-refractivity contribution < 1.29 is 9.59 Å². The van der Waals surface area contributed by atoms with Crippen LogP contribution in [-0.4, -0.2) is 59.0 Å². The van der Waals surface area contributed by atoms with Gasteiger partial charge in [0.15, 0.2) is 0 Å². The van der Waals surface area contributed by atoms with E-state index in [0.717, 1.165) is 42.7 Å². The van der Waals surface area contributed by atoms with E-state index in [4.69, 9.17) is 0 Å². The molecule has 2 saturated heterocycles. The molecule has 0 bridgehead atoms. The molecule has 1 N–H and O–H groups in total. The molecule has 0 saturated carbocycles. The van der Waals surface area contributed by atoms with Crippen molar-refractivity contribution in [2.45, 2.75) is 32.4 Å². The molecule has 2 fully saturated rings. The van der Waals surface area contributed by atoms with Crippen molar-refractivity contribution in [3.8, 4) is 0 Å². The second-order valence-electron chi connectivity index (χ2n) is 7.85. The summed E-state index contributed by atoms with van der Waals surface area (Å²) in [4.78, 5) is 31.2. The highest BCUT2D eigenvalue weighted by Crippen LogP contribution is 2.23. The van der Waals surface area contributed by atoms with Gasteiger partial charge < -0.3 is 20.0 Å². The summed E-state index contributed by atoms with van der Waals surface area (Å²) in [6.07, 6.45) is 1.65. The van der Waals surface area contributed by atoms with Crippen molar-refractivity contribution in [1.29, 1.82) is 0 Å². The van der Waals surface area contributed by atoms with Crippen LogP contribution in [0.1, 0.15) is 24.0 Å². The standard InChI is InChI=1S/C23H28N4O2/c1-18-7-5-6-10-21(18)24-22(28)25-13-11-20(12-14-25)27-16-15-26(23(27)29)17-19-8-3-2-4-9-19/h2-10,20H,11-17H2,1H3,(H,24,28). The Morgan fingerprint density at radius 3 is 2.38 bits per heavy atom. The summed E-state index contributed by atoms with van der Waals surface area (Å²) in [5.41, 5.74) is 3.06. The number of likely N-dealkylation sites (tertiary alicyclic amines) is 1. The molecule has 0 unspecified atom stereocenters. The minimum absolute atomic E-state index is 0.0591. The summed E-state index contributed by atoms with van der Waals surface area (Å²) in [5.74, 6) is 0. The number of carbonyl (C=O) groups is 2. The SMILES string of the molecule is Cc1ccccc1NC(=O)N1CCC(N2CCN(Cc3ccccc3)C2=O)CC1. The number of rotatable bonds is 4. The number of para-hydroxylation sites is 1. The molecule has 4 rings (SSSR count). The molecule has 2 aromatic rings. The minimum Gasteiger partial charge on any atom is -0.324 e. The van der Waals surface area contributed by atoms with Crippen LogP contribution in [0.5, 0.6) is 0 Å². The van der Waals surface area contributed by atoms with E-state index >= 15 is 0 Å². The zero-order valence-electron chi connectivity index (χ0n) is 16.9. The van der Waals surface area contributed by atoms with E-state index in [9.17, 15) is 9.59 Å². The molecule has 0 atom stereocenters. The predicted molar refractivity (Wildman–Crippen MR) is 114 cm³/mol. The first-order chi connectivity index (χ1) is 14.1. The number of anilines is 1. The van der Waals surface area contributed by atoms with Gasteiger partial charge in [-0.3, -0.25) is 0 Å². The van der Waals surface area contributed by atoms with Crippen molar-refractivity contribution in [3.63, 3.8) is 0 Å². The maximum atomic E-state index is 12.9. The van der Waals surface area contributed by atoms with Gasteiger partial charge in [-0.15, -0.1) is 0 Å². The van der Waals surface area contributed by atoms with Crippen molar-refractivity contribution in [2.75, 3.05) is 31.5 Å². The van der Waals surface area contributed by atoms with E-state index in [0.29, 0.717) is 19.6 Å². The lowest BCUT2D eigenvalue weighted by atomic mass is 10.0. The Labute approximate surface area is 172 Å². The van der Waals surface area contributed by atoms with E-state index in [1.807, 2.05) is 64.1 Å². The van der Waals surface area contributed by atoms with E-state index < -0.39 is 0 Å². The maximum Gasteiger partial charge on any atom is 0.321 e. The number of hydrogen-bond donors (Lipinski definition) is 1. The third-order valence-corrected chi connectivity index (χ3v) is 5.92. The largest absolute Gasteiger partial charge is 0.324 e. The average molecular weight is 393 g/mol. The molecule has 4 amide bonds. The molecule has 0 radical (unpaired) electrons. The number of aryl methyl sites for hydroxylation is 1. The highest BCUT2D eigenvalue weighted by atomic mass is 16.2. The van der Waals surface area contributed by atoms with Crippen LogP contribution in [0.25, 0.3) is 0 Å². The normalized spacial score (nSPS) is 17.7. The third kappa shape index (κ3) is 4.36. The Kier molecular flexibility index (Phi) is 5.69. The summed E-state index contributed by atoms with van der Waals surface area (Å²) in [7, 11) is 0. The molecule has 0 spiro atoms. The lowest BCUT2D eigenvalue weighted by Gasteiger charge is -2.36. The van der Waals surface area contributed by atoms with Crippen molar-refractivity contribution in [1.82, 2.24) is 14.7 Å². The van der Waals surface area contributed by atoms with Gasteiger partial charge in [-0.05, 0) is 37.0 Å². The number of nitrogens with zero attached hydrogens (tertiary/aromatic N) is 3. The van der Waals surface area contributed by atoms with Crippen molar-refractivity contribution in [3.05, 3.63) is 65.7 Å². The van der Waals surface area contributed by atoms with Gasteiger partial charge in [-0.25, -0.2) is 9.59 Å². The van der Waals surface area contributed by atoms with E-state index in [1.165, 1.54) is 0 Å². The Bertz CT molecular complexity index is 862. The molecule has 6 nitrogen and oxygen atoms in total. The highest BCUT2D eigenvalue weighted by Gasteiger charge is 2.35. The second-order valence-corrected chi connectivity index (χ2v) is 7.85. The maximum absolute atomic E-state index is 12.9. The molecule has 2 aliphatic heterocycles. The van der Waals surface area contributed by atoms with Crippen LogP contribution in [-0.2, 0) is 6.54 Å². The minimum atomic E-state index is -0.0591. The average Bonchev–Trinajstić information content (AvgIpc) is 3.11. The van der Waals surface area contributed by atoms with E-state index in [-0.39, 0.29) is 18.1 Å². The fraction of sp³-hybridized carbons (Fsp3) is 0.391. The van der Waals surface area contributed by atoms with Crippen LogP contribution in [0.2, 0.25) is 0 Å². The van der Waals surface area contributed by atoms with Gasteiger partial charge in [0.25, 0.3) is 0 Å². The van der Waals surface area contributed by atoms with Gasteiger partial charge >= 0.3 is 12.1 Å². The molecule has 2 aromatic carbocycles. The van der Waals surface area contributed by atoms with Gasteiger partial charge in [0.1, 0.15) is 0 Å². The van der Waals surface area contributed by atoms with Crippen LogP contribution in [0.15, 0.2) is 54.6 Å². The number of benzene rings is 2. The molecular weight excluding hydrogens is 364 g/mol. The zero-order chi connectivity index (χ0) is 20.2. The second kappa shape index (κ2) is 8.55. The Morgan fingerprint density at radius 1 is 0.966 bits per heavy atom. The van der Waals surface area contributed by atoms with Gasteiger partial charge in [0, 0.05) is 44.5 Å². The summed E-state index contributed by atoms with van der Waals surface area (Å²) >= 11 is 0. The van der Waals surface area contributed by atoms with Crippen LogP contribution in [0.3, 0.4) is 0 Å². The summed E-state index contributed by atoms with van der Waals surface area (Å²) in [5, 5.41) is 3.01. The fourth-order valence-corrected chi connectivity index (χ4v) is 4.18. The lowest BCUT2D eigenvalue weighted by molar-refractivity contribution is 0.139. The number of urea groups is 2. The summed E-state index contributed by atoms with van der Waals surface area (Å²) in [6, 6.07) is 18.2. The first kappa shape index (κ1) is 19.3. The smallest absolute Gasteiger partial charge is 0.321 e. The van der Waals surface area contributed by atoms with Gasteiger partial charge in [0.05, 0.1) is 0 Å². The number of piperidine rings is 1. The third-order valence-electron chi connectivity index (χ3n) is 5.92. The highest BCUT2D eigenvalue weighted by molar-refractivity contribution is 5.90. The monoisotopic (exact) mass is 392 g/mol. The molecule has 2 aliphatic rings. The topological polar surface area (TPSA) is 55.9 Å². The Hall–Kier alpha value is -3.02. The Morgan fingerprint density at radius 2 is 1.66 bits per heavy atom. The van der Waals surface area contributed by atoms with Crippen molar-refractivity contribution >= 4 is 17.7 Å². The molecule has 0 aromatic heterocycles. The number of hydrogen-bond acceptors (Lipinski definition) is 2. The van der Waals surface area contributed by atoms with Crippen molar-refractivity contribution in [2.24, 2.45) is 0 Å². The van der Waals surface area contributed by atoms with Gasteiger partial charge in [-0.1, -0.05) is 48.5 Å². The molecule has 6 heteroatoms. The zero-order valence-corrected chi connectivity index (χ0v) is 16.9. The van der Waals surface area contributed by atoms with Crippen LogP contribution < -0.4 is 5.32 Å². The molecule has 152 valence electrons.